The first kappa shape index (κ1) is 25.9. The molecule has 1 atom stereocenters. The van der Waals surface area contributed by atoms with Gasteiger partial charge < -0.3 is 10.2 Å². The lowest BCUT2D eigenvalue weighted by molar-refractivity contribution is -0.140. The van der Waals surface area contributed by atoms with E-state index in [0.29, 0.717) is 36.9 Å². The van der Waals surface area contributed by atoms with Crippen LogP contribution in [0.4, 0.5) is 0 Å². The third-order valence-corrected chi connectivity index (χ3v) is 5.97. The van der Waals surface area contributed by atoms with Crippen LogP contribution in [-0.4, -0.2) is 29.3 Å². The molecule has 0 saturated carbocycles. The van der Waals surface area contributed by atoms with E-state index < -0.39 is 6.04 Å². The number of hydrogen-bond donors (Lipinski definition) is 1. The maximum Gasteiger partial charge on any atom is 0.242 e. The Labute approximate surface area is 198 Å². The average molecular weight is 457 g/mol. The van der Waals surface area contributed by atoms with Crippen LogP contribution < -0.4 is 5.32 Å². The van der Waals surface area contributed by atoms with Gasteiger partial charge in [0.1, 0.15) is 6.04 Å². The fourth-order valence-electron chi connectivity index (χ4n) is 3.41. The number of hydrogen-bond acceptors (Lipinski definition) is 2. The predicted octanol–water partition coefficient (Wildman–Crippen LogP) is 5.76. The highest BCUT2D eigenvalue weighted by Gasteiger charge is 2.26. The molecule has 0 heterocycles. The van der Waals surface area contributed by atoms with Crippen LogP contribution in [0.5, 0.6) is 0 Å². The van der Waals surface area contributed by atoms with E-state index in [0.717, 1.165) is 11.1 Å². The van der Waals surface area contributed by atoms with Gasteiger partial charge in [0.25, 0.3) is 0 Å². The van der Waals surface area contributed by atoms with Gasteiger partial charge in [-0.15, -0.1) is 0 Å². The molecule has 0 spiro atoms. The van der Waals surface area contributed by atoms with Crippen molar-refractivity contribution < 1.29 is 9.59 Å². The molecule has 1 unspecified atom stereocenters. The van der Waals surface area contributed by atoms with Crippen LogP contribution in [0.2, 0.25) is 5.02 Å². The molecule has 174 valence electrons. The maximum atomic E-state index is 13.2. The van der Waals surface area contributed by atoms with Gasteiger partial charge in [0.05, 0.1) is 0 Å². The number of rotatable bonds is 9. The fourth-order valence-corrected chi connectivity index (χ4v) is 3.61. The summed E-state index contributed by atoms with van der Waals surface area (Å²) in [5, 5.41) is 3.54. The first-order chi connectivity index (χ1) is 15.0. The van der Waals surface area contributed by atoms with E-state index in [1.165, 1.54) is 5.56 Å². The summed E-state index contributed by atoms with van der Waals surface area (Å²) in [6, 6.07) is 15.3. The number of benzene rings is 2. The van der Waals surface area contributed by atoms with Gasteiger partial charge in [0.2, 0.25) is 11.8 Å². The molecule has 0 aliphatic rings. The van der Waals surface area contributed by atoms with Crippen molar-refractivity contribution in [3.63, 3.8) is 0 Å². The Bertz CT molecular complexity index is 901. The molecular formula is C27H37ClN2O2. The zero-order chi connectivity index (χ0) is 23.9. The van der Waals surface area contributed by atoms with Crippen LogP contribution in [0, 0.1) is 5.92 Å². The number of nitrogens with zero attached hydrogens (tertiary/aromatic N) is 1. The van der Waals surface area contributed by atoms with Crippen molar-refractivity contribution in [2.24, 2.45) is 5.92 Å². The summed E-state index contributed by atoms with van der Waals surface area (Å²) in [7, 11) is 0. The minimum atomic E-state index is -0.583. The van der Waals surface area contributed by atoms with Gasteiger partial charge in [-0.05, 0) is 47.4 Å². The zero-order valence-corrected chi connectivity index (χ0v) is 21.0. The average Bonchev–Trinajstić information content (AvgIpc) is 2.74. The highest BCUT2D eigenvalue weighted by atomic mass is 35.5. The highest BCUT2D eigenvalue weighted by molar-refractivity contribution is 6.31. The van der Waals surface area contributed by atoms with Crippen molar-refractivity contribution in [1.82, 2.24) is 10.2 Å². The SMILES string of the molecule is CC(C)CNC(=O)C(C)N(Cc1ccccc1Cl)C(=O)CCc1ccc(C(C)(C)C)cc1. The molecule has 0 radical (unpaired) electrons. The number of carbonyl (C=O) groups excluding carboxylic acids is 2. The van der Waals surface area contributed by atoms with E-state index in [1.807, 2.05) is 32.0 Å². The minimum Gasteiger partial charge on any atom is -0.354 e. The van der Waals surface area contributed by atoms with Crippen LogP contribution in [-0.2, 0) is 28.0 Å². The van der Waals surface area contributed by atoms with Crippen molar-refractivity contribution in [2.75, 3.05) is 6.54 Å². The first-order valence-electron chi connectivity index (χ1n) is 11.4. The summed E-state index contributed by atoms with van der Waals surface area (Å²) < 4.78 is 0. The Morgan fingerprint density at radius 2 is 1.62 bits per heavy atom. The van der Waals surface area contributed by atoms with Gasteiger partial charge in [-0.3, -0.25) is 9.59 Å². The molecule has 32 heavy (non-hydrogen) atoms. The molecule has 2 aromatic rings. The lowest BCUT2D eigenvalue weighted by atomic mass is 9.86. The molecule has 0 bridgehead atoms. The normalized spacial score (nSPS) is 12.5. The van der Waals surface area contributed by atoms with Crippen LogP contribution >= 0.6 is 11.6 Å². The molecule has 0 aromatic heterocycles. The Kier molecular flexibility index (Phi) is 9.33. The van der Waals surface area contributed by atoms with Gasteiger partial charge >= 0.3 is 0 Å². The van der Waals surface area contributed by atoms with Crippen molar-refractivity contribution in [3.05, 3.63) is 70.2 Å². The standard InChI is InChI=1S/C27H37ClN2O2/c1-19(2)17-29-26(32)20(3)30(18-22-9-7-8-10-24(22)28)25(31)16-13-21-11-14-23(15-12-21)27(4,5)6/h7-12,14-15,19-20H,13,16-18H2,1-6H3,(H,29,32). The van der Waals surface area contributed by atoms with E-state index in [1.54, 1.807) is 17.9 Å². The van der Waals surface area contributed by atoms with Crippen LogP contribution in [0.3, 0.4) is 0 Å². The van der Waals surface area contributed by atoms with Gasteiger partial charge in [0.15, 0.2) is 0 Å². The van der Waals surface area contributed by atoms with Gasteiger partial charge in [0, 0.05) is 24.5 Å². The number of carbonyl (C=O) groups is 2. The minimum absolute atomic E-state index is 0.0583. The summed E-state index contributed by atoms with van der Waals surface area (Å²) in [6.45, 7) is 13.3. The van der Waals surface area contributed by atoms with Crippen LogP contribution in [0.1, 0.15) is 64.7 Å². The molecule has 5 heteroatoms. The first-order valence-corrected chi connectivity index (χ1v) is 11.8. The molecule has 0 aliphatic heterocycles. The van der Waals surface area contributed by atoms with Gasteiger partial charge in [-0.1, -0.05) is 88.7 Å². The number of amides is 2. The van der Waals surface area contributed by atoms with Crippen molar-refractivity contribution in [1.29, 1.82) is 0 Å². The highest BCUT2D eigenvalue weighted by Crippen LogP contribution is 2.23. The monoisotopic (exact) mass is 456 g/mol. The molecule has 1 N–H and O–H groups in total. The molecule has 2 aromatic carbocycles. The number of nitrogens with one attached hydrogen (secondary N) is 1. The Balaban J connectivity index is 2.13. The smallest absolute Gasteiger partial charge is 0.242 e. The molecule has 2 rings (SSSR count). The Hall–Kier alpha value is -2.33. The van der Waals surface area contributed by atoms with Crippen molar-refractivity contribution in [3.8, 4) is 0 Å². The molecular weight excluding hydrogens is 420 g/mol. The lowest BCUT2D eigenvalue weighted by Gasteiger charge is -2.29. The summed E-state index contributed by atoms with van der Waals surface area (Å²) in [6.07, 6.45) is 0.962. The molecule has 0 saturated heterocycles. The Morgan fingerprint density at radius 1 is 1.00 bits per heavy atom. The lowest BCUT2D eigenvalue weighted by Crippen LogP contribution is -2.48. The topological polar surface area (TPSA) is 49.4 Å². The second-order valence-electron chi connectivity index (χ2n) is 9.87. The van der Waals surface area contributed by atoms with E-state index in [-0.39, 0.29) is 17.2 Å². The number of halogens is 1. The second kappa shape index (κ2) is 11.5. The quantitative estimate of drug-likeness (QED) is 0.521. The van der Waals surface area contributed by atoms with Crippen LogP contribution in [0.25, 0.3) is 0 Å². The van der Waals surface area contributed by atoms with E-state index in [4.69, 9.17) is 11.6 Å². The molecule has 0 fully saturated rings. The largest absolute Gasteiger partial charge is 0.354 e. The third-order valence-electron chi connectivity index (χ3n) is 5.60. The van der Waals surface area contributed by atoms with E-state index in [9.17, 15) is 9.59 Å². The summed E-state index contributed by atoms with van der Waals surface area (Å²) >= 11 is 6.35. The summed E-state index contributed by atoms with van der Waals surface area (Å²) in [4.78, 5) is 27.6. The maximum absolute atomic E-state index is 13.2. The zero-order valence-electron chi connectivity index (χ0n) is 20.2. The summed E-state index contributed by atoms with van der Waals surface area (Å²) in [5.41, 5.74) is 3.31. The fraction of sp³-hybridized carbons (Fsp3) is 0.481. The molecule has 2 amide bonds. The third kappa shape index (κ3) is 7.67. The Morgan fingerprint density at radius 3 is 2.19 bits per heavy atom. The second-order valence-corrected chi connectivity index (χ2v) is 10.3. The van der Waals surface area contributed by atoms with E-state index in [2.05, 4.69) is 50.4 Å². The summed E-state index contributed by atoms with van der Waals surface area (Å²) in [5.74, 6) is 0.139. The predicted molar refractivity (Wildman–Crippen MR) is 133 cm³/mol. The van der Waals surface area contributed by atoms with Gasteiger partial charge in [-0.2, -0.15) is 0 Å². The van der Waals surface area contributed by atoms with Crippen molar-refractivity contribution >= 4 is 23.4 Å². The van der Waals surface area contributed by atoms with E-state index >= 15 is 0 Å². The molecule has 0 aliphatic carbocycles. The van der Waals surface area contributed by atoms with Gasteiger partial charge in [-0.25, -0.2) is 0 Å². The van der Waals surface area contributed by atoms with Crippen molar-refractivity contribution in [2.45, 2.75) is 72.4 Å². The number of aryl methyl sites for hydroxylation is 1. The van der Waals surface area contributed by atoms with Crippen LogP contribution in [0.15, 0.2) is 48.5 Å². The molecule has 4 nitrogen and oxygen atoms in total.